The van der Waals surface area contributed by atoms with Gasteiger partial charge in [0.05, 0.1) is 16.5 Å². The van der Waals surface area contributed by atoms with Crippen LogP contribution in [-0.2, 0) is 0 Å². The molecule has 0 N–H and O–H groups in total. The molecule has 0 spiro atoms. The molecule has 0 aliphatic carbocycles. The fourth-order valence-electron chi connectivity index (χ4n) is 1.91. The number of nitrogens with zero attached hydrogens (tertiary/aromatic N) is 4. The maximum absolute atomic E-state index is 12.3. The molecule has 3 rings (SSSR count). The first-order valence-electron chi connectivity index (χ1n) is 6.60. The van der Waals surface area contributed by atoms with Crippen LogP contribution in [0.3, 0.4) is 0 Å². The molecule has 0 unspecified atom stereocenters. The van der Waals surface area contributed by atoms with E-state index in [9.17, 15) is 4.79 Å². The van der Waals surface area contributed by atoms with Crippen LogP contribution in [0.2, 0.25) is 10.0 Å². The topological polar surface area (TPSA) is 60.7 Å². The van der Waals surface area contributed by atoms with Crippen molar-refractivity contribution in [2.75, 3.05) is 5.75 Å². The Hall–Kier alpha value is -1.89. The Morgan fingerprint density at radius 1 is 1.09 bits per heavy atom. The maximum atomic E-state index is 12.3. The van der Waals surface area contributed by atoms with E-state index in [1.54, 1.807) is 53.2 Å². The molecule has 8 heteroatoms. The maximum Gasteiger partial charge on any atom is 0.214 e. The molecule has 1 aromatic heterocycles. The molecule has 2 aromatic carbocycles. The third-order valence-corrected chi connectivity index (χ3v) is 4.52. The van der Waals surface area contributed by atoms with Gasteiger partial charge in [0.25, 0.3) is 0 Å². The third-order valence-electron chi connectivity index (χ3n) is 3.02. The van der Waals surface area contributed by atoms with Crippen molar-refractivity contribution in [2.24, 2.45) is 0 Å². The van der Waals surface area contributed by atoms with Crippen LogP contribution in [-0.4, -0.2) is 31.7 Å². The van der Waals surface area contributed by atoms with Gasteiger partial charge >= 0.3 is 0 Å². The second-order valence-electron chi connectivity index (χ2n) is 4.54. The average molecular weight is 365 g/mol. The van der Waals surface area contributed by atoms with E-state index < -0.39 is 0 Å². The molecule has 0 fully saturated rings. The molecular formula is C15H10Cl2N4OS. The van der Waals surface area contributed by atoms with Gasteiger partial charge in [-0.3, -0.25) is 4.79 Å². The van der Waals surface area contributed by atoms with Crippen LogP contribution in [0.15, 0.2) is 53.7 Å². The van der Waals surface area contributed by atoms with E-state index in [1.807, 2.05) is 0 Å². The molecule has 0 bridgehead atoms. The highest BCUT2D eigenvalue weighted by molar-refractivity contribution is 7.99. The van der Waals surface area contributed by atoms with Crippen molar-refractivity contribution >= 4 is 40.7 Å². The van der Waals surface area contributed by atoms with Crippen LogP contribution < -0.4 is 0 Å². The number of Topliss-reactive ketones (excluding diaryl/α,β-unsaturated/α-hetero) is 1. The van der Waals surface area contributed by atoms with Gasteiger partial charge in [-0.05, 0) is 46.8 Å². The number of halogens is 2. The predicted molar refractivity (Wildman–Crippen MR) is 90.7 cm³/mol. The number of tetrazole rings is 1. The number of ketones is 1. The molecule has 0 saturated heterocycles. The van der Waals surface area contributed by atoms with Crippen LogP contribution in [0.4, 0.5) is 0 Å². The van der Waals surface area contributed by atoms with Crippen LogP contribution >= 0.6 is 35.0 Å². The van der Waals surface area contributed by atoms with Crippen molar-refractivity contribution in [3.8, 4) is 5.69 Å². The molecule has 0 amide bonds. The van der Waals surface area contributed by atoms with Gasteiger partial charge in [0, 0.05) is 10.6 Å². The van der Waals surface area contributed by atoms with Crippen molar-refractivity contribution in [2.45, 2.75) is 5.16 Å². The molecule has 116 valence electrons. The average Bonchev–Trinajstić information content (AvgIpc) is 3.02. The summed E-state index contributed by atoms with van der Waals surface area (Å²) in [6.45, 7) is 0. The predicted octanol–water partition coefficient (Wildman–Crippen LogP) is 3.94. The number of rotatable bonds is 5. The number of hydrogen-bond acceptors (Lipinski definition) is 5. The lowest BCUT2D eigenvalue weighted by Gasteiger charge is -2.05. The number of carbonyl (C=O) groups is 1. The largest absolute Gasteiger partial charge is 0.293 e. The van der Waals surface area contributed by atoms with Crippen LogP contribution in [0.25, 0.3) is 5.69 Å². The zero-order valence-electron chi connectivity index (χ0n) is 11.7. The Morgan fingerprint density at radius 2 is 1.83 bits per heavy atom. The summed E-state index contributed by atoms with van der Waals surface area (Å²) < 4.78 is 1.56. The first-order chi connectivity index (χ1) is 11.1. The van der Waals surface area contributed by atoms with Gasteiger partial charge in [-0.25, -0.2) is 0 Å². The molecule has 5 nitrogen and oxygen atoms in total. The van der Waals surface area contributed by atoms with Gasteiger partial charge in [0.2, 0.25) is 5.16 Å². The van der Waals surface area contributed by atoms with Crippen molar-refractivity contribution in [1.82, 2.24) is 20.2 Å². The quantitative estimate of drug-likeness (QED) is 0.506. The lowest BCUT2D eigenvalue weighted by Crippen LogP contribution is -2.05. The van der Waals surface area contributed by atoms with Gasteiger partial charge in [-0.2, -0.15) is 4.68 Å². The Labute approximate surface area is 146 Å². The van der Waals surface area contributed by atoms with E-state index in [0.29, 0.717) is 20.8 Å². The van der Waals surface area contributed by atoms with E-state index in [4.69, 9.17) is 23.2 Å². The second-order valence-corrected chi connectivity index (χ2v) is 6.33. The van der Waals surface area contributed by atoms with E-state index in [2.05, 4.69) is 15.5 Å². The Morgan fingerprint density at radius 3 is 2.57 bits per heavy atom. The minimum atomic E-state index is -0.0775. The lowest BCUT2D eigenvalue weighted by atomic mass is 10.1. The minimum absolute atomic E-state index is 0.0775. The van der Waals surface area contributed by atoms with E-state index in [0.717, 1.165) is 5.69 Å². The highest BCUT2D eigenvalue weighted by atomic mass is 35.5. The minimum Gasteiger partial charge on any atom is -0.293 e. The van der Waals surface area contributed by atoms with Gasteiger partial charge in [-0.15, -0.1) is 5.10 Å². The van der Waals surface area contributed by atoms with Crippen molar-refractivity contribution in [3.05, 3.63) is 64.1 Å². The van der Waals surface area contributed by atoms with E-state index in [-0.39, 0.29) is 11.5 Å². The molecule has 23 heavy (non-hydrogen) atoms. The molecule has 0 aliphatic rings. The first-order valence-corrected chi connectivity index (χ1v) is 8.34. The number of aromatic nitrogens is 4. The van der Waals surface area contributed by atoms with Gasteiger partial charge in [0.15, 0.2) is 5.78 Å². The molecule has 3 aromatic rings. The fourth-order valence-corrected chi connectivity index (χ4v) is 3.05. The Kier molecular flexibility index (Phi) is 4.95. The smallest absolute Gasteiger partial charge is 0.214 e. The zero-order chi connectivity index (χ0) is 16.2. The summed E-state index contributed by atoms with van der Waals surface area (Å²) in [7, 11) is 0. The highest BCUT2D eigenvalue weighted by Crippen LogP contribution is 2.22. The van der Waals surface area contributed by atoms with Crippen LogP contribution in [0.5, 0.6) is 0 Å². The zero-order valence-corrected chi connectivity index (χ0v) is 14.0. The monoisotopic (exact) mass is 364 g/mol. The van der Waals surface area contributed by atoms with Crippen molar-refractivity contribution in [3.63, 3.8) is 0 Å². The summed E-state index contributed by atoms with van der Waals surface area (Å²) in [5.74, 6) is 0.115. The highest BCUT2D eigenvalue weighted by Gasteiger charge is 2.14. The number of benzene rings is 2. The number of thioether (sulfide) groups is 1. The standard InChI is InChI=1S/C15H10Cl2N4OS/c16-10-5-7-11(8-6-10)21-15(18-19-20-21)23-9-14(22)12-3-1-2-4-13(12)17/h1-8H,9H2. The summed E-state index contributed by atoms with van der Waals surface area (Å²) in [6, 6.07) is 14.1. The fraction of sp³-hybridized carbons (Fsp3) is 0.0667. The molecule has 1 heterocycles. The first kappa shape index (κ1) is 16.0. The molecule has 0 saturated carbocycles. The molecule has 0 atom stereocenters. The molecule has 0 aliphatic heterocycles. The van der Waals surface area contributed by atoms with Crippen molar-refractivity contribution < 1.29 is 4.79 Å². The normalized spacial score (nSPS) is 10.7. The van der Waals surface area contributed by atoms with Crippen molar-refractivity contribution in [1.29, 1.82) is 0 Å². The summed E-state index contributed by atoms with van der Waals surface area (Å²) in [4.78, 5) is 12.3. The summed E-state index contributed by atoms with van der Waals surface area (Å²) in [5, 5.41) is 13.1. The number of hydrogen-bond donors (Lipinski definition) is 0. The van der Waals surface area contributed by atoms with Gasteiger partial charge < -0.3 is 0 Å². The van der Waals surface area contributed by atoms with E-state index >= 15 is 0 Å². The molecule has 0 radical (unpaired) electrons. The summed E-state index contributed by atoms with van der Waals surface area (Å²) >= 11 is 13.2. The Bertz CT molecular complexity index is 836. The van der Waals surface area contributed by atoms with Crippen LogP contribution in [0.1, 0.15) is 10.4 Å². The van der Waals surface area contributed by atoms with Crippen LogP contribution in [0, 0.1) is 0 Å². The Balaban J connectivity index is 1.75. The summed E-state index contributed by atoms with van der Waals surface area (Å²) in [6.07, 6.45) is 0. The lowest BCUT2D eigenvalue weighted by molar-refractivity contribution is 0.102. The molecular weight excluding hydrogens is 355 g/mol. The number of carbonyl (C=O) groups excluding carboxylic acids is 1. The summed E-state index contributed by atoms with van der Waals surface area (Å²) in [5.41, 5.74) is 1.26. The second kappa shape index (κ2) is 7.12. The van der Waals surface area contributed by atoms with Gasteiger partial charge in [-0.1, -0.05) is 47.1 Å². The SMILES string of the molecule is O=C(CSc1nnnn1-c1ccc(Cl)cc1)c1ccccc1Cl. The van der Waals surface area contributed by atoms with E-state index in [1.165, 1.54) is 11.8 Å². The third kappa shape index (κ3) is 3.72. The van der Waals surface area contributed by atoms with Gasteiger partial charge in [0.1, 0.15) is 0 Å².